The van der Waals surface area contributed by atoms with Crippen LogP contribution in [0.5, 0.6) is 5.75 Å². The van der Waals surface area contributed by atoms with Gasteiger partial charge in [0, 0.05) is 18.0 Å². The Labute approximate surface area is 153 Å². The summed E-state index contributed by atoms with van der Waals surface area (Å²) < 4.78 is 5.85. The second-order valence-corrected chi connectivity index (χ2v) is 6.18. The predicted octanol–water partition coefficient (Wildman–Crippen LogP) is 4.32. The molecule has 0 bridgehead atoms. The smallest absolute Gasteiger partial charge is 0.225 e. The molecule has 0 aliphatic heterocycles. The molecule has 1 aromatic carbocycles. The summed E-state index contributed by atoms with van der Waals surface area (Å²) in [5.74, 6) is 2.06. The van der Waals surface area contributed by atoms with E-state index in [1.165, 1.54) is 0 Å². The third-order valence-electron chi connectivity index (χ3n) is 3.52. The van der Waals surface area contributed by atoms with Crippen molar-refractivity contribution in [1.82, 2.24) is 15.0 Å². The third kappa shape index (κ3) is 4.92. The number of rotatable bonds is 7. The molecule has 0 radical (unpaired) electrons. The van der Waals surface area contributed by atoms with Gasteiger partial charge in [0.25, 0.3) is 0 Å². The van der Waals surface area contributed by atoms with Crippen molar-refractivity contribution in [2.75, 3.05) is 10.6 Å². The molecular weight excluding hydrogens is 326 g/mol. The standard InChI is InChI=1S/C20H23N5O/c1-14(2)26-18-10-5-4-9-17(18)24-19-12-15(3)23-20(25-19)22-13-16-8-6-7-11-21-16/h4-12,14H,13H2,1-3H3,(H2,22,23,24,25). The Hall–Kier alpha value is -3.15. The van der Waals surface area contributed by atoms with E-state index in [9.17, 15) is 0 Å². The highest BCUT2D eigenvalue weighted by atomic mass is 16.5. The highest BCUT2D eigenvalue weighted by Crippen LogP contribution is 2.28. The first-order chi connectivity index (χ1) is 12.6. The van der Waals surface area contributed by atoms with Gasteiger partial charge in [0.1, 0.15) is 11.6 Å². The SMILES string of the molecule is Cc1cc(Nc2ccccc2OC(C)C)nc(NCc2ccccn2)n1. The van der Waals surface area contributed by atoms with Gasteiger partial charge in [-0.3, -0.25) is 4.98 Å². The summed E-state index contributed by atoms with van der Waals surface area (Å²) in [6.45, 7) is 6.52. The van der Waals surface area contributed by atoms with Gasteiger partial charge in [0.15, 0.2) is 0 Å². The number of anilines is 3. The monoisotopic (exact) mass is 349 g/mol. The summed E-state index contributed by atoms with van der Waals surface area (Å²) >= 11 is 0. The number of aromatic nitrogens is 3. The van der Waals surface area contributed by atoms with E-state index in [1.54, 1.807) is 6.20 Å². The predicted molar refractivity (Wildman–Crippen MR) is 104 cm³/mol. The Balaban J connectivity index is 1.76. The fourth-order valence-corrected chi connectivity index (χ4v) is 2.45. The lowest BCUT2D eigenvalue weighted by Crippen LogP contribution is -2.09. The van der Waals surface area contributed by atoms with Crippen LogP contribution in [0.4, 0.5) is 17.5 Å². The number of aryl methyl sites for hydroxylation is 1. The van der Waals surface area contributed by atoms with E-state index in [1.807, 2.05) is 69.3 Å². The van der Waals surface area contributed by atoms with E-state index in [0.29, 0.717) is 18.3 Å². The van der Waals surface area contributed by atoms with E-state index in [-0.39, 0.29) is 6.10 Å². The van der Waals surface area contributed by atoms with Crippen LogP contribution in [0.1, 0.15) is 25.2 Å². The van der Waals surface area contributed by atoms with Crippen molar-refractivity contribution in [3.63, 3.8) is 0 Å². The van der Waals surface area contributed by atoms with Crippen LogP contribution in [-0.2, 0) is 6.54 Å². The number of hydrogen-bond donors (Lipinski definition) is 2. The van der Waals surface area contributed by atoms with Crippen molar-refractivity contribution < 1.29 is 4.74 Å². The minimum absolute atomic E-state index is 0.0979. The fourth-order valence-electron chi connectivity index (χ4n) is 2.45. The highest BCUT2D eigenvalue weighted by molar-refractivity contribution is 5.64. The van der Waals surface area contributed by atoms with Crippen molar-refractivity contribution in [3.05, 3.63) is 66.1 Å². The second kappa shape index (κ2) is 8.29. The van der Waals surface area contributed by atoms with Crippen molar-refractivity contribution in [3.8, 4) is 5.75 Å². The van der Waals surface area contributed by atoms with Gasteiger partial charge in [-0.15, -0.1) is 0 Å². The van der Waals surface area contributed by atoms with E-state index in [2.05, 4.69) is 25.6 Å². The minimum Gasteiger partial charge on any atom is -0.489 e. The van der Waals surface area contributed by atoms with Gasteiger partial charge in [0.2, 0.25) is 5.95 Å². The summed E-state index contributed by atoms with van der Waals surface area (Å²) in [6.07, 6.45) is 1.87. The van der Waals surface area contributed by atoms with Crippen LogP contribution >= 0.6 is 0 Å². The average Bonchev–Trinajstić information content (AvgIpc) is 2.62. The molecule has 0 spiro atoms. The van der Waals surface area contributed by atoms with Gasteiger partial charge in [-0.05, 0) is 45.0 Å². The van der Waals surface area contributed by atoms with Gasteiger partial charge in [-0.2, -0.15) is 4.98 Å². The molecule has 0 fully saturated rings. The Kier molecular flexibility index (Phi) is 5.63. The Morgan fingerprint density at radius 3 is 2.62 bits per heavy atom. The molecule has 2 N–H and O–H groups in total. The van der Waals surface area contributed by atoms with Crippen LogP contribution in [-0.4, -0.2) is 21.1 Å². The fraction of sp³-hybridized carbons (Fsp3) is 0.250. The van der Waals surface area contributed by atoms with Crippen LogP contribution in [0.2, 0.25) is 0 Å². The summed E-state index contributed by atoms with van der Waals surface area (Å²) in [4.78, 5) is 13.3. The molecule has 2 heterocycles. The Bertz CT molecular complexity index is 852. The zero-order valence-corrected chi connectivity index (χ0v) is 15.2. The van der Waals surface area contributed by atoms with E-state index < -0.39 is 0 Å². The summed E-state index contributed by atoms with van der Waals surface area (Å²) in [5, 5.41) is 6.54. The highest BCUT2D eigenvalue weighted by Gasteiger charge is 2.08. The summed E-state index contributed by atoms with van der Waals surface area (Å²) in [5.41, 5.74) is 2.67. The Morgan fingerprint density at radius 1 is 1.04 bits per heavy atom. The zero-order chi connectivity index (χ0) is 18.4. The van der Waals surface area contributed by atoms with Crippen molar-refractivity contribution >= 4 is 17.5 Å². The van der Waals surface area contributed by atoms with Gasteiger partial charge in [-0.25, -0.2) is 4.98 Å². The zero-order valence-electron chi connectivity index (χ0n) is 15.2. The number of nitrogens with one attached hydrogen (secondary N) is 2. The van der Waals surface area contributed by atoms with Crippen molar-refractivity contribution in [2.45, 2.75) is 33.4 Å². The van der Waals surface area contributed by atoms with Gasteiger partial charge >= 0.3 is 0 Å². The first-order valence-electron chi connectivity index (χ1n) is 8.62. The topological polar surface area (TPSA) is 72.0 Å². The molecule has 0 unspecified atom stereocenters. The van der Waals surface area contributed by atoms with E-state index in [4.69, 9.17) is 4.74 Å². The first kappa shape index (κ1) is 17.7. The molecular formula is C20H23N5O. The molecule has 26 heavy (non-hydrogen) atoms. The van der Waals surface area contributed by atoms with Crippen LogP contribution in [0.25, 0.3) is 0 Å². The number of pyridine rings is 1. The molecule has 0 atom stereocenters. The van der Waals surface area contributed by atoms with Crippen molar-refractivity contribution in [2.24, 2.45) is 0 Å². The molecule has 134 valence electrons. The molecule has 3 aromatic rings. The minimum atomic E-state index is 0.0979. The third-order valence-corrected chi connectivity index (χ3v) is 3.52. The molecule has 0 aliphatic rings. The van der Waals surface area contributed by atoms with Crippen molar-refractivity contribution in [1.29, 1.82) is 0 Å². The molecule has 2 aromatic heterocycles. The molecule has 6 nitrogen and oxygen atoms in total. The number of para-hydroxylation sites is 2. The van der Waals surface area contributed by atoms with Gasteiger partial charge in [-0.1, -0.05) is 18.2 Å². The lowest BCUT2D eigenvalue weighted by atomic mass is 10.3. The van der Waals surface area contributed by atoms with Gasteiger partial charge in [0.05, 0.1) is 24.0 Å². The van der Waals surface area contributed by atoms with E-state index >= 15 is 0 Å². The summed E-state index contributed by atoms with van der Waals surface area (Å²) in [6, 6.07) is 15.5. The molecule has 3 rings (SSSR count). The number of benzene rings is 1. The number of ether oxygens (including phenoxy) is 1. The second-order valence-electron chi connectivity index (χ2n) is 6.18. The number of hydrogen-bond acceptors (Lipinski definition) is 6. The van der Waals surface area contributed by atoms with E-state index in [0.717, 1.165) is 22.8 Å². The maximum atomic E-state index is 5.85. The summed E-state index contributed by atoms with van der Waals surface area (Å²) in [7, 11) is 0. The maximum absolute atomic E-state index is 5.85. The molecule has 0 amide bonds. The van der Waals surface area contributed by atoms with Crippen LogP contribution in [0, 0.1) is 6.92 Å². The lowest BCUT2D eigenvalue weighted by Gasteiger charge is -2.15. The molecule has 0 aliphatic carbocycles. The van der Waals surface area contributed by atoms with Crippen LogP contribution < -0.4 is 15.4 Å². The largest absolute Gasteiger partial charge is 0.489 e. The van der Waals surface area contributed by atoms with Gasteiger partial charge < -0.3 is 15.4 Å². The molecule has 0 saturated carbocycles. The molecule has 6 heteroatoms. The average molecular weight is 349 g/mol. The normalized spacial score (nSPS) is 10.6. The Morgan fingerprint density at radius 2 is 1.85 bits per heavy atom. The van der Waals surface area contributed by atoms with Crippen LogP contribution in [0.3, 0.4) is 0 Å². The number of nitrogens with zero attached hydrogens (tertiary/aromatic N) is 3. The first-order valence-corrected chi connectivity index (χ1v) is 8.62. The van der Waals surface area contributed by atoms with Crippen LogP contribution in [0.15, 0.2) is 54.7 Å². The quantitative estimate of drug-likeness (QED) is 0.662. The lowest BCUT2D eigenvalue weighted by molar-refractivity contribution is 0.244. The molecule has 0 saturated heterocycles. The maximum Gasteiger partial charge on any atom is 0.225 e.